The number of piperidine rings is 3. The van der Waals surface area contributed by atoms with Crippen LogP contribution in [0.2, 0.25) is 0 Å². The second-order valence-corrected chi connectivity index (χ2v) is 4.52. The number of hydrogen-bond donors (Lipinski definition) is 1. The standard InChI is InChI=1S/C11H17NO4/c1-2-16-10(15)11(9(13)14)7-8-3-5-12(11)6-4-8/h8H,2-7H2,1H3,(H,13,14). The molecule has 5 heteroatoms. The van der Waals surface area contributed by atoms with Crippen molar-refractivity contribution in [3.63, 3.8) is 0 Å². The highest BCUT2D eigenvalue weighted by molar-refractivity contribution is 6.04. The van der Waals surface area contributed by atoms with Crippen molar-refractivity contribution in [1.82, 2.24) is 4.90 Å². The Morgan fingerprint density at radius 3 is 2.44 bits per heavy atom. The molecule has 0 aromatic rings. The third kappa shape index (κ3) is 1.50. The molecule has 3 aliphatic rings. The highest BCUT2D eigenvalue weighted by Gasteiger charge is 2.57. The number of carboxylic acid groups (broad SMARTS) is 1. The summed E-state index contributed by atoms with van der Waals surface area (Å²) in [6.45, 7) is 3.31. The monoisotopic (exact) mass is 227 g/mol. The predicted molar refractivity (Wildman–Crippen MR) is 55.9 cm³/mol. The van der Waals surface area contributed by atoms with E-state index in [4.69, 9.17) is 4.74 Å². The van der Waals surface area contributed by atoms with E-state index in [1.54, 1.807) is 11.8 Å². The van der Waals surface area contributed by atoms with Gasteiger partial charge in [-0.1, -0.05) is 0 Å². The van der Waals surface area contributed by atoms with Crippen LogP contribution < -0.4 is 0 Å². The summed E-state index contributed by atoms with van der Waals surface area (Å²) in [5.74, 6) is -1.30. The van der Waals surface area contributed by atoms with E-state index in [9.17, 15) is 14.7 Å². The molecule has 3 saturated heterocycles. The summed E-state index contributed by atoms with van der Waals surface area (Å²) in [7, 11) is 0. The van der Waals surface area contributed by atoms with Gasteiger partial charge in [0.25, 0.3) is 0 Å². The Morgan fingerprint density at radius 1 is 1.44 bits per heavy atom. The Morgan fingerprint density at radius 2 is 2.06 bits per heavy atom. The molecule has 0 amide bonds. The Balaban J connectivity index is 2.29. The van der Waals surface area contributed by atoms with Crippen molar-refractivity contribution >= 4 is 11.9 Å². The fourth-order valence-electron chi connectivity index (χ4n) is 2.84. The molecule has 0 radical (unpaired) electrons. The minimum atomic E-state index is -1.41. The van der Waals surface area contributed by atoms with E-state index in [2.05, 4.69) is 0 Å². The van der Waals surface area contributed by atoms with Crippen LogP contribution in [0.3, 0.4) is 0 Å². The molecular weight excluding hydrogens is 210 g/mol. The van der Waals surface area contributed by atoms with Gasteiger partial charge in [0.05, 0.1) is 6.61 Å². The number of esters is 1. The number of carbonyl (C=O) groups is 2. The van der Waals surface area contributed by atoms with Gasteiger partial charge >= 0.3 is 11.9 Å². The lowest BCUT2D eigenvalue weighted by Gasteiger charge is -2.49. The number of rotatable bonds is 3. The van der Waals surface area contributed by atoms with Crippen LogP contribution in [0.25, 0.3) is 0 Å². The van der Waals surface area contributed by atoms with E-state index in [1.807, 2.05) is 0 Å². The van der Waals surface area contributed by atoms with Crippen LogP contribution in [0.15, 0.2) is 0 Å². The van der Waals surface area contributed by atoms with Gasteiger partial charge in [0, 0.05) is 13.1 Å². The Bertz CT molecular complexity index is 309. The van der Waals surface area contributed by atoms with Crippen LogP contribution in [0, 0.1) is 5.92 Å². The zero-order valence-corrected chi connectivity index (χ0v) is 9.44. The molecule has 0 aliphatic carbocycles. The average Bonchev–Trinajstić information content (AvgIpc) is 2.30. The Kier molecular flexibility index (Phi) is 2.88. The van der Waals surface area contributed by atoms with Crippen molar-refractivity contribution in [1.29, 1.82) is 0 Å². The van der Waals surface area contributed by atoms with Gasteiger partial charge in [-0.3, -0.25) is 4.90 Å². The predicted octanol–water partition coefficient (Wildman–Crippen LogP) is 0.489. The first-order valence-electron chi connectivity index (χ1n) is 5.77. The molecule has 90 valence electrons. The molecular formula is C11H17NO4. The maximum Gasteiger partial charge on any atom is 0.338 e. The molecule has 5 nitrogen and oxygen atoms in total. The third-order valence-corrected chi connectivity index (χ3v) is 3.71. The van der Waals surface area contributed by atoms with Gasteiger partial charge in [-0.05, 0) is 32.1 Å². The summed E-state index contributed by atoms with van der Waals surface area (Å²) in [5, 5.41) is 9.37. The van der Waals surface area contributed by atoms with Crippen molar-refractivity contribution in [2.45, 2.75) is 31.7 Å². The molecule has 2 bridgehead atoms. The molecule has 0 aromatic carbocycles. The maximum atomic E-state index is 11.9. The van der Waals surface area contributed by atoms with E-state index in [1.165, 1.54) is 0 Å². The normalized spacial score (nSPS) is 37.1. The van der Waals surface area contributed by atoms with E-state index >= 15 is 0 Å². The zero-order chi connectivity index (χ0) is 11.8. The second kappa shape index (κ2) is 4.05. The molecule has 16 heavy (non-hydrogen) atoms. The fourth-order valence-corrected chi connectivity index (χ4v) is 2.84. The molecule has 0 spiro atoms. The first kappa shape index (κ1) is 11.4. The summed E-state index contributed by atoms with van der Waals surface area (Å²) in [4.78, 5) is 25.1. The largest absolute Gasteiger partial charge is 0.479 e. The summed E-state index contributed by atoms with van der Waals surface area (Å²) in [6.07, 6.45) is 2.39. The number of fused-ring (bicyclic) bond motifs is 3. The number of aliphatic carboxylic acids is 1. The van der Waals surface area contributed by atoms with Crippen molar-refractivity contribution in [2.75, 3.05) is 19.7 Å². The van der Waals surface area contributed by atoms with Crippen LogP contribution in [0.5, 0.6) is 0 Å². The molecule has 3 rings (SSSR count). The van der Waals surface area contributed by atoms with Crippen LogP contribution in [0.1, 0.15) is 26.2 Å². The average molecular weight is 227 g/mol. The van der Waals surface area contributed by atoms with Gasteiger partial charge in [-0.25, -0.2) is 9.59 Å². The van der Waals surface area contributed by atoms with Crippen LogP contribution in [-0.2, 0) is 14.3 Å². The number of carbonyl (C=O) groups excluding carboxylic acids is 1. The van der Waals surface area contributed by atoms with Crippen molar-refractivity contribution < 1.29 is 19.4 Å². The molecule has 1 N–H and O–H groups in total. The molecule has 3 aliphatic heterocycles. The number of carboxylic acids is 1. The molecule has 0 aromatic heterocycles. The summed E-state index contributed by atoms with van der Waals surface area (Å²) in [5.41, 5.74) is -1.41. The fraction of sp³-hybridized carbons (Fsp3) is 0.818. The summed E-state index contributed by atoms with van der Waals surface area (Å²) in [6, 6.07) is 0. The molecule has 3 heterocycles. The first-order valence-corrected chi connectivity index (χ1v) is 5.77. The Labute approximate surface area is 94.4 Å². The molecule has 3 fully saturated rings. The third-order valence-electron chi connectivity index (χ3n) is 3.71. The lowest BCUT2D eigenvalue weighted by atomic mass is 9.74. The molecule has 0 saturated carbocycles. The first-order chi connectivity index (χ1) is 7.61. The maximum absolute atomic E-state index is 11.9. The van der Waals surface area contributed by atoms with E-state index in [-0.39, 0.29) is 6.61 Å². The zero-order valence-electron chi connectivity index (χ0n) is 9.44. The van der Waals surface area contributed by atoms with E-state index in [0.717, 1.165) is 12.8 Å². The number of hydrogen-bond acceptors (Lipinski definition) is 4. The quantitative estimate of drug-likeness (QED) is 0.561. The summed E-state index contributed by atoms with van der Waals surface area (Å²) < 4.78 is 4.94. The van der Waals surface area contributed by atoms with Crippen molar-refractivity contribution in [2.24, 2.45) is 5.92 Å². The lowest BCUT2D eigenvalue weighted by Crippen LogP contribution is -2.67. The van der Waals surface area contributed by atoms with Gasteiger partial charge in [0.15, 0.2) is 0 Å². The Hall–Kier alpha value is -1.10. The van der Waals surface area contributed by atoms with Crippen LogP contribution in [-0.4, -0.2) is 47.2 Å². The minimum absolute atomic E-state index is 0.229. The SMILES string of the molecule is CCOC(=O)C1(C(=O)O)CC2CCN1CC2. The molecule has 1 unspecified atom stereocenters. The molecule has 1 atom stereocenters. The van der Waals surface area contributed by atoms with Gasteiger partial charge in [-0.15, -0.1) is 0 Å². The van der Waals surface area contributed by atoms with Gasteiger partial charge in [0.2, 0.25) is 5.54 Å². The number of ether oxygens (including phenoxy) is 1. The van der Waals surface area contributed by atoms with Crippen molar-refractivity contribution in [3.8, 4) is 0 Å². The van der Waals surface area contributed by atoms with Gasteiger partial charge in [0.1, 0.15) is 0 Å². The van der Waals surface area contributed by atoms with E-state index < -0.39 is 17.5 Å². The minimum Gasteiger partial charge on any atom is -0.479 e. The van der Waals surface area contributed by atoms with Crippen LogP contribution >= 0.6 is 0 Å². The second-order valence-electron chi connectivity index (χ2n) is 4.52. The number of nitrogens with zero attached hydrogens (tertiary/aromatic N) is 1. The van der Waals surface area contributed by atoms with Crippen molar-refractivity contribution in [3.05, 3.63) is 0 Å². The van der Waals surface area contributed by atoms with Crippen LogP contribution in [0.4, 0.5) is 0 Å². The van der Waals surface area contributed by atoms with Gasteiger partial charge < -0.3 is 9.84 Å². The lowest BCUT2D eigenvalue weighted by molar-refractivity contribution is -0.181. The smallest absolute Gasteiger partial charge is 0.338 e. The highest BCUT2D eigenvalue weighted by atomic mass is 16.5. The van der Waals surface area contributed by atoms with Gasteiger partial charge in [-0.2, -0.15) is 0 Å². The highest BCUT2D eigenvalue weighted by Crippen LogP contribution is 2.40. The summed E-state index contributed by atoms with van der Waals surface area (Å²) >= 11 is 0. The topological polar surface area (TPSA) is 66.8 Å². The van der Waals surface area contributed by atoms with E-state index in [0.29, 0.717) is 25.4 Å².